The molecule has 0 radical (unpaired) electrons. The summed E-state index contributed by atoms with van der Waals surface area (Å²) in [5.74, 6) is 0. The average molecular weight is 349 g/mol. The molecule has 106 valence electrons. The molecule has 5 nitrogen and oxygen atoms in total. The van der Waals surface area contributed by atoms with E-state index in [1.165, 1.54) is 0 Å². The van der Waals surface area contributed by atoms with Crippen molar-refractivity contribution in [2.24, 2.45) is 0 Å². The van der Waals surface area contributed by atoms with Gasteiger partial charge in [-0.05, 0) is 28.1 Å². The number of ether oxygens (including phenoxy) is 2. The van der Waals surface area contributed by atoms with Gasteiger partial charge in [-0.1, -0.05) is 0 Å². The van der Waals surface area contributed by atoms with Crippen molar-refractivity contribution in [1.82, 2.24) is 10.2 Å². The summed E-state index contributed by atoms with van der Waals surface area (Å²) in [6.45, 7) is 2.84. The Labute approximate surface area is 125 Å². The molecule has 1 atom stereocenters. The van der Waals surface area contributed by atoms with Gasteiger partial charge < -0.3 is 19.7 Å². The number of methoxy groups -OCH3 is 1. The number of nitrogens with zero attached hydrogens (tertiary/aromatic N) is 1. The van der Waals surface area contributed by atoms with Gasteiger partial charge in [-0.3, -0.25) is 0 Å². The quantitative estimate of drug-likeness (QED) is 0.906. The van der Waals surface area contributed by atoms with Crippen molar-refractivity contribution in [2.75, 3.05) is 33.4 Å². The Balaban J connectivity index is 1.79. The molecule has 1 aliphatic rings. The number of hydrogen-bond donors (Lipinski definition) is 1. The van der Waals surface area contributed by atoms with Crippen LogP contribution in [0.3, 0.4) is 0 Å². The van der Waals surface area contributed by atoms with Crippen molar-refractivity contribution in [3.05, 3.63) is 20.8 Å². The van der Waals surface area contributed by atoms with Gasteiger partial charge in [0.2, 0.25) is 0 Å². The molecular formula is C12H17BrN2O3S. The summed E-state index contributed by atoms with van der Waals surface area (Å²) in [4.78, 5) is 14.9. The van der Waals surface area contributed by atoms with Gasteiger partial charge in [0.05, 0.1) is 36.2 Å². The topological polar surface area (TPSA) is 50.8 Å². The second-order valence-corrected chi connectivity index (χ2v) is 6.81. The highest BCUT2D eigenvalue weighted by Crippen LogP contribution is 2.21. The predicted octanol–water partition coefficient (Wildman–Crippen LogP) is 2.07. The van der Waals surface area contributed by atoms with Gasteiger partial charge in [-0.25, -0.2) is 4.79 Å². The molecule has 0 aliphatic carbocycles. The number of carbonyl (C=O) groups is 1. The van der Waals surface area contributed by atoms with E-state index in [1.54, 1.807) is 23.3 Å². The minimum atomic E-state index is -0.0473. The molecule has 1 saturated heterocycles. The van der Waals surface area contributed by atoms with E-state index in [2.05, 4.69) is 21.2 Å². The van der Waals surface area contributed by atoms with Crippen LogP contribution in [-0.4, -0.2) is 50.4 Å². The second-order valence-electron chi connectivity index (χ2n) is 4.26. The highest BCUT2D eigenvalue weighted by Gasteiger charge is 2.23. The molecule has 0 bridgehead atoms. The number of urea groups is 1. The summed E-state index contributed by atoms with van der Waals surface area (Å²) >= 11 is 5.03. The zero-order valence-electron chi connectivity index (χ0n) is 10.7. The van der Waals surface area contributed by atoms with E-state index in [0.717, 1.165) is 8.66 Å². The summed E-state index contributed by atoms with van der Waals surface area (Å²) in [5.41, 5.74) is 0. The van der Waals surface area contributed by atoms with Gasteiger partial charge in [-0.2, -0.15) is 0 Å². The molecule has 1 unspecified atom stereocenters. The normalized spacial score (nSPS) is 19.5. The maximum Gasteiger partial charge on any atom is 0.317 e. The number of rotatable bonds is 4. The largest absolute Gasteiger partial charge is 0.382 e. The summed E-state index contributed by atoms with van der Waals surface area (Å²) < 4.78 is 11.6. The lowest BCUT2D eigenvalue weighted by molar-refractivity contribution is -0.0494. The third-order valence-electron chi connectivity index (χ3n) is 2.82. The van der Waals surface area contributed by atoms with Crippen LogP contribution in [0.4, 0.5) is 4.79 Å². The highest BCUT2D eigenvalue weighted by atomic mass is 79.9. The number of carbonyl (C=O) groups excluding carboxylic acids is 1. The first-order valence-electron chi connectivity index (χ1n) is 6.06. The Hall–Kier alpha value is -0.630. The standard InChI is InChI=1S/C12H17BrN2O3S/c1-17-8-9-7-15(4-5-18-9)12(16)14-6-10-2-3-11(13)19-10/h2-3,9H,4-8H2,1H3,(H,14,16). The maximum atomic E-state index is 12.0. The Kier molecular flexibility index (Phi) is 5.62. The van der Waals surface area contributed by atoms with Gasteiger partial charge >= 0.3 is 6.03 Å². The monoisotopic (exact) mass is 348 g/mol. The molecule has 1 aliphatic heterocycles. The van der Waals surface area contributed by atoms with Gasteiger partial charge in [-0.15, -0.1) is 11.3 Å². The van der Waals surface area contributed by atoms with Crippen molar-refractivity contribution in [2.45, 2.75) is 12.6 Å². The minimum Gasteiger partial charge on any atom is -0.382 e. The Morgan fingerprint density at radius 1 is 1.68 bits per heavy atom. The van der Waals surface area contributed by atoms with Crippen LogP contribution in [0, 0.1) is 0 Å². The van der Waals surface area contributed by atoms with E-state index in [9.17, 15) is 4.79 Å². The van der Waals surface area contributed by atoms with Crippen molar-refractivity contribution in [3.63, 3.8) is 0 Å². The lowest BCUT2D eigenvalue weighted by Gasteiger charge is -2.32. The van der Waals surface area contributed by atoms with Crippen LogP contribution in [0.5, 0.6) is 0 Å². The summed E-state index contributed by atoms with van der Waals surface area (Å²) in [6, 6.07) is 3.94. The van der Waals surface area contributed by atoms with E-state index in [-0.39, 0.29) is 12.1 Å². The fourth-order valence-electron chi connectivity index (χ4n) is 1.91. The molecule has 0 aromatic carbocycles. The van der Waals surface area contributed by atoms with Crippen LogP contribution in [0.1, 0.15) is 4.88 Å². The Morgan fingerprint density at radius 2 is 2.53 bits per heavy atom. The summed E-state index contributed by atoms with van der Waals surface area (Å²) in [6.07, 6.45) is -0.0274. The molecule has 2 amide bonds. The summed E-state index contributed by atoms with van der Waals surface area (Å²) in [5, 5.41) is 2.92. The lowest BCUT2D eigenvalue weighted by Crippen LogP contribution is -2.50. The van der Waals surface area contributed by atoms with Crippen LogP contribution in [-0.2, 0) is 16.0 Å². The molecule has 19 heavy (non-hydrogen) atoms. The van der Waals surface area contributed by atoms with Crippen molar-refractivity contribution >= 4 is 33.3 Å². The molecule has 1 fully saturated rings. The number of hydrogen-bond acceptors (Lipinski definition) is 4. The molecule has 1 N–H and O–H groups in total. The van der Waals surface area contributed by atoms with Gasteiger partial charge in [0.25, 0.3) is 0 Å². The molecule has 1 aromatic rings. The van der Waals surface area contributed by atoms with Crippen LogP contribution >= 0.6 is 27.3 Å². The van der Waals surface area contributed by atoms with Crippen LogP contribution in [0.25, 0.3) is 0 Å². The molecular weight excluding hydrogens is 332 g/mol. The number of thiophene rings is 1. The van der Waals surface area contributed by atoms with E-state index in [1.807, 2.05) is 12.1 Å². The second kappa shape index (κ2) is 7.23. The van der Waals surface area contributed by atoms with Gasteiger partial charge in [0.15, 0.2) is 0 Å². The maximum absolute atomic E-state index is 12.0. The fourth-order valence-corrected chi connectivity index (χ4v) is 3.33. The minimum absolute atomic E-state index is 0.0274. The SMILES string of the molecule is COCC1CN(C(=O)NCc2ccc(Br)s2)CCO1. The summed E-state index contributed by atoms with van der Waals surface area (Å²) in [7, 11) is 1.64. The number of morpholine rings is 1. The van der Waals surface area contributed by atoms with Crippen molar-refractivity contribution in [3.8, 4) is 0 Å². The number of nitrogens with one attached hydrogen (secondary N) is 1. The van der Waals surface area contributed by atoms with E-state index in [0.29, 0.717) is 32.8 Å². The first-order chi connectivity index (χ1) is 9.19. The Bertz CT molecular complexity index is 425. The third kappa shape index (κ3) is 4.45. The average Bonchev–Trinajstić information content (AvgIpc) is 2.82. The zero-order valence-corrected chi connectivity index (χ0v) is 13.1. The number of halogens is 1. The van der Waals surface area contributed by atoms with Crippen LogP contribution in [0.15, 0.2) is 15.9 Å². The molecule has 2 heterocycles. The van der Waals surface area contributed by atoms with Crippen LogP contribution < -0.4 is 5.32 Å². The van der Waals surface area contributed by atoms with E-state index < -0.39 is 0 Å². The smallest absolute Gasteiger partial charge is 0.317 e. The zero-order chi connectivity index (χ0) is 13.7. The van der Waals surface area contributed by atoms with E-state index >= 15 is 0 Å². The van der Waals surface area contributed by atoms with Crippen molar-refractivity contribution in [1.29, 1.82) is 0 Å². The number of amides is 2. The lowest BCUT2D eigenvalue weighted by atomic mass is 10.3. The molecule has 0 spiro atoms. The van der Waals surface area contributed by atoms with Crippen molar-refractivity contribution < 1.29 is 14.3 Å². The first-order valence-corrected chi connectivity index (χ1v) is 7.67. The molecule has 1 aromatic heterocycles. The molecule has 2 rings (SSSR count). The fraction of sp³-hybridized carbons (Fsp3) is 0.583. The third-order valence-corrected chi connectivity index (χ3v) is 4.44. The predicted molar refractivity (Wildman–Crippen MR) is 77.4 cm³/mol. The van der Waals surface area contributed by atoms with Crippen LogP contribution in [0.2, 0.25) is 0 Å². The van der Waals surface area contributed by atoms with E-state index in [4.69, 9.17) is 9.47 Å². The van der Waals surface area contributed by atoms with Gasteiger partial charge in [0, 0.05) is 18.5 Å². The Morgan fingerprint density at radius 3 is 3.21 bits per heavy atom. The molecule has 7 heteroatoms. The van der Waals surface area contributed by atoms with Gasteiger partial charge in [0.1, 0.15) is 0 Å². The molecule has 0 saturated carbocycles. The first kappa shape index (κ1) is 14.8. The highest BCUT2D eigenvalue weighted by molar-refractivity contribution is 9.11.